The lowest BCUT2D eigenvalue weighted by Crippen LogP contribution is -2.47. The first-order chi connectivity index (χ1) is 7.58. The second kappa shape index (κ2) is 4.72. The average molecular weight is 225 g/mol. The predicted octanol–water partition coefficient (Wildman–Crippen LogP) is 0.193. The Kier molecular flexibility index (Phi) is 3.50. The van der Waals surface area contributed by atoms with Gasteiger partial charge in [0.15, 0.2) is 0 Å². The summed E-state index contributed by atoms with van der Waals surface area (Å²) in [5.41, 5.74) is 0. The number of rotatable bonds is 3. The zero-order chi connectivity index (χ0) is 11.7. The van der Waals surface area contributed by atoms with Crippen LogP contribution >= 0.6 is 0 Å². The van der Waals surface area contributed by atoms with E-state index in [1.807, 2.05) is 20.8 Å². The predicted molar refractivity (Wildman–Crippen MR) is 64.2 cm³/mol. The van der Waals surface area contributed by atoms with E-state index in [1.165, 1.54) is 6.42 Å². The summed E-state index contributed by atoms with van der Waals surface area (Å²) in [6.45, 7) is 9.27. The Bertz CT molecular complexity index is 255. The first kappa shape index (κ1) is 11.9. The van der Waals surface area contributed by atoms with Crippen LogP contribution < -0.4 is 10.6 Å². The van der Waals surface area contributed by atoms with Crippen molar-refractivity contribution in [2.75, 3.05) is 19.6 Å². The van der Waals surface area contributed by atoms with Gasteiger partial charge in [0.05, 0.1) is 6.04 Å². The van der Waals surface area contributed by atoms with Crippen LogP contribution in [0.1, 0.15) is 27.2 Å². The molecule has 16 heavy (non-hydrogen) atoms. The van der Waals surface area contributed by atoms with Crippen molar-refractivity contribution in [1.29, 1.82) is 0 Å². The molecule has 0 radical (unpaired) electrons. The number of likely N-dealkylation sites (tertiary alicyclic amines) is 1. The highest BCUT2D eigenvalue weighted by atomic mass is 16.2. The molecule has 2 heterocycles. The lowest BCUT2D eigenvalue weighted by Gasteiger charge is -2.25. The monoisotopic (exact) mass is 225 g/mol. The number of nitrogens with zero attached hydrogens (tertiary/aromatic N) is 1. The van der Waals surface area contributed by atoms with Gasteiger partial charge in [-0.05, 0) is 39.7 Å². The minimum absolute atomic E-state index is 0.00907. The molecule has 2 aliphatic rings. The van der Waals surface area contributed by atoms with E-state index in [4.69, 9.17) is 0 Å². The summed E-state index contributed by atoms with van der Waals surface area (Å²) in [5, 5.41) is 6.49. The van der Waals surface area contributed by atoms with E-state index in [-0.39, 0.29) is 18.0 Å². The summed E-state index contributed by atoms with van der Waals surface area (Å²) in [6.07, 6.45) is 1.26. The topological polar surface area (TPSA) is 44.4 Å². The Morgan fingerprint density at radius 3 is 2.75 bits per heavy atom. The third-order valence-electron chi connectivity index (χ3n) is 3.75. The number of carbonyl (C=O) groups is 1. The minimum Gasteiger partial charge on any atom is -0.353 e. The molecule has 0 aromatic heterocycles. The molecule has 4 nitrogen and oxygen atoms in total. The standard InChI is InChI=1S/C12H23N3O/c1-8(2)14-12(16)9(3)15-6-10-4-5-13-11(10)7-15/h8-11,13H,4-7H2,1-3H3,(H,14,16)/t9?,10-,11+/m0/s1. The quantitative estimate of drug-likeness (QED) is 0.721. The van der Waals surface area contributed by atoms with Crippen LogP contribution in [0.3, 0.4) is 0 Å². The third kappa shape index (κ3) is 2.38. The summed E-state index contributed by atoms with van der Waals surface area (Å²) < 4.78 is 0. The van der Waals surface area contributed by atoms with E-state index in [0.717, 1.165) is 25.6 Å². The van der Waals surface area contributed by atoms with Gasteiger partial charge in [-0.3, -0.25) is 9.69 Å². The minimum atomic E-state index is 0.00907. The summed E-state index contributed by atoms with van der Waals surface area (Å²) in [7, 11) is 0. The van der Waals surface area contributed by atoms with E-state index < -0.39 is 0 Å². The molecular formula is C12H23N3O. The molecule has 0 aromatic rings. The Morgan fingerprint density at radius 1 is 1.38 bits per heavy atom. The highest BCUT2D eigenvalue weighted by Crippen LogP contribution is 2.25. The van der Waals surface area contributed by atoms with E-state index >= 15 is 0 Å². The van der Waals surface area contributed by atoms with Crippen LogP contribution in [-0.2, 0) is 4.79 Å². The first-order valence-corrected chi connectivity index (χ1v) is 6.35. The molecule has 1 unspecified atom stereocenters. The van der Waals surface area contributed by atoms with Gasteiger partial charge in [0, 0.05) is 25.2 Å². The lowest BCUT2D eigenvalue weighted by molar-refractivity contribution is -0.126. The molecule has 0 aliphatic carbocycles. The van der Waals surface area contributed by atoms with Crippen molar-refractivity contribution in [2.45, 2.75) is 45.3 Å². The smallest absolute Gasteiger partial charge is 0.237 e. The fraction of sp³-hybridized carbons (Fsp3) is 0.917. The van der Waals surface area contributed by atoms with Crippen LogP contribution in [0.5, 0.6) is 0 Å². The molecule has 2 fully saturated rings. The second-order valence-corrected chi connectivity index (χ2v) is 5.40. The van der Waals surface area contributed by atoms with Crippen molar-refractivity contribution in [3.05, 3.63) is 0 Å². The van der Waals surface area contributed by atoms with E-state index in [9.17, 15) is 4.79 Å². The van der Waals surface area contributed by atoms with Crippen LogP contribution in [0.4, 0.5) is 0 Å². The highest BCUT2D eigenvalue weighted by molar-refractivity contribution is 5.81. The second-order valence-electron chi connectivity index (χ2n) is 5.40. The van der Waals surface area contributed by atoms with Gasteiger partial charge in [-0.15, -0.1) is 0 Å². The summed E-state index contributed by atoms with van der Waals surface area (Å²) in [5.74, 6) is 0.921. The molecule has 2 rings (SSSR count). The van der Waals surface area contributed by atoms with Gasteiger partial charge in [-0.2, -0.15) is 0 Å². The summed E-state index contributed by atoms with van der Waals surface area (Å²) >= 11 is 0. The van der Waals surface area contributed by atoms with Gasteiger partial charge >= 0.3 is 0 Å². The summed E-state index contributed by atoms with van der Waals surface area (Å²) in [6, 6.07) is 0.860. The van der Waals surface area contributed by atoms with Crippen molar-refractivity contribution in [3.8, 4) is 0 Å². The molecule has 0 aromatic carbocycles. The normalized spacial score (nSPS) is 31.8. The number of hydrogen-bond donors (Lipinski definition) is 2. The number of nitrogens with one attached hydrogen (secondary N) is 2. The zero-order valence-corrected chi connectivity index (χ0v) is 10.5. The van der Waals surface area contributed by atoms with Gasteiger partial charge in [0.2, 0.25) is 5.91 Å². The van der Waals surface area contributed by atoms with Crippen molar-refractivity contribution in [2.24, 2.45) is 5.92 Å². The maximum atomic E-state index is 11.9. The zero-order valence-electron chi connectivity index (χ0n) is 10.5. The average Bonchev–Trinajstić information content (AvgIpc) is 2.74. The fourth-order valence-electron chi connectivity index (χ4n) is 2.77. The van der Waals surface area contributed by atoms with Crippen LogP contribution in [0.15, 0.2) is 0 Å². The van der Waals surface area contributed by atoms with Gasteiger partial charge < -0.3 is 10.6 Å². The van der Waals surface area contributed by atoms with E-state index in [1.54, 1.807) is 0 Å². The Labute approximate surface area is 97.8 Å². The summed E-state index contributed by atoms with van der Waals surface area (Å²) in [4.78, 5) is 14.2. The number of hydrogen-bond acceptors (Lipinski definition) is 3. The van der Waals surface area contributed by atoms with Gasteiger partial charge in [-0.25, -0.2) is 0 Å². The molecule has 0 saturated carbocycles. The van der Waals surface area contributed by atoms with Crippen molar-refractivity contribution < 1.29 is 4.79 Å². The molecule has 3 atom stereocenters. The Morgan fingerprint density at radius 2 is 2.12 bits per heavy atom. The Balaban J connectivity index is 1.86. The highest BCUT2D eigenvalue weighted by Gasteiger charge is 2.39. The third-order valence-corrected chi connectivity index (χ3v) is 3.75. The first-order valence-electron chi connectivity index (χ1n) is 6.35. The Hall–Kier alpha value is -0.610. The lowest BCUT2D eigenvalue weighted by atomic mass is 10.1. The molecule has 92 valence electrons. The molecule has 2 aliphatic heterocycles. The van der Waals surface area contributed by atoms with Crippen LogP contribution in [0, 0.1) is 5.92 Å². The molecule has 4 heteroatoms. The number of fused-ring (bicyclic) bond motifs is 1. The van der Waals surface area contributed by atoms with Crippen molar-refractivity contribution >= 4 is 5.91 Å². The van der Waals surface area contributed by atoms with Crippen LogP contribution in [0.25, 0.3) is 0 Å². The number of amides is 1. The van der Waals surface area contributed by atoms with Crippen molar-refractivity contribution in [3.63, 3.8) is 0 Å². The maximum absolute atomic E-state index is 11.9. The number of carbonyl (C=O) groups excluding carboxylic acids is 1. The molecule has 2 N–H and O–H groups in total. The van der Waals surface area contributed by atoms with Gasteiger partial charge in [0.1, 0.15) is 0 Å². The maximum Gasteiger partial charge on any atom is 0.237 e. The SMILES string of the molecule is CC(C)NC(=O)C(C)N1C[C@@H]2CCN[C@@H]2C1. The van der Waals surface area contributed by atoms with Crippen LogP contribution in [0.2, 0.25) is 0 Å². The molecule has 2 saturated heterocycles. The molecule has 1 amide bonds. The van der Waals surface area contributed by atoms with Crippen molar-refractivity contribution in [1.82, 2.24) is 15.5 Å². The van der Waals surface area contributed by atoms with Gasteiger partial charge in [0.25, 0.3) is 0 Å². The van der Waals surface area contributed by atoms with E-state index in [0.29, 0.717) is 6.04 Å². The van der Waals surface area contributed by atoms with Gasteiger partial charge in [-0.1, -0.05) is 0 Å². The van der Waals surface area contributed by atoms with Crippen LogP contribution in [-0.4, -0.2) is 48.6 Å². The molecular weight excluding hydrogens is 202 g/mol. The van der Waals surface area contributed by atoms with E-state index in [2.05, 4.69) is 15.5 Å². The fourth-order valence-corrected chi connectivity index (χ4v) is 2.77. The molecule has 0 bridgehead atoms. The molecule has 0 spiro atoms. The largest absolute Gasteiger partial charge is 0.353 e.